The second-order valence-corrected chi connectivity index (χ2v) is 5.60. The summed E-state index contributed by atoms with van der Waals surface area (Å²) in [7, 11) is 0. The van der Waals surface area contributed by atoms with Crippen molar-refractivity contribution in [2.75, 3.05) is 17.6 Å². The zero-order valence-electron chi connectivity index (χ0n) is 12.0. The minimum atomic E-state index is -0.104. The molecule has 110 valence electrons. The van der Waals surface area contributed by atoms with E-state index in [1.54, 1.807) is 18.2 Å². The molecule has 21 heavy (non-hydrogen) atoms. The topological polar surface area (TPSA) is 67.2 Å². The highest BCUT2D eigenvalue weighted by Gasteiger charge is 2.08. The highest BCUT2D eigenvalue weighted by molar-refractivity contribution is 9.10. The van der Waals surface area contributed by atoms with Gasteiger partial charge in [0.15, 0.2) is 0 Å². The maximum Gasteiger partial charge on any atom is 0.251 e. The molecule has 0 aliphatic rings. The number of anilines is 3. The standard InChI is InChI=1S/C16H18BrN3O/c1-3-19-16(21)11-4-7-14(18)15(9-11)20-12-5-6-13(17)10(2)8-12/h4-9,20H,3,18H2,1-2H3,(H,19,21). The lowest BCUT2D eigenvalue weighted by Gasteiger charge is -2.12. The number of nitrogen functional groups attached to an aromatic ring is 1. The van der Waals surface area contributed by atoms with Crippen molar-refractivity contribution in [3.05, 3.63) is 52.0 Å². The summed E-state index contributed by atoms with van der Waals surface area (Å²) in [5.41, 5.74) is 9.93. The predicted molar refractivity (Wildman–Crippen MR) is 91.0 cm³/mol. The highest BCUT2D eigenvalue weighted by atomic mass is 79.9. The van der Waals surface area contributed by atoms with E-state index >= 15 is 0 Å². The van der Waals surface area contributed by atoms with Crippen LogP contribution in [0.1, 0.15) is 22.8 Å². The van der Waals surface area contributed by atoms with Crippen LogP contribution in [-0.4, -0.2) is 12.5 Å². The fourth-order valence-electron chi connectivity index (χ4n) is 1.95. The summed E-state index contributed by atoms with van der Waals surface area (Å²) < 4.78 is 1.05. The number of carbonyl (C=O) groups is 1. The second-order valence-electron chi connectivity index (χ2n) is 4.75. The maximum atomic E-state index is 11.9. The first kappa shape index (κ1) is 15.4. The van der Waals surface area contributed by atoms with Crippen molar-refractivity contribution in [1.29, 1.82) is 0 Å². The number of nitrogens with one attached hydrogen (secondary N) is 2. The van der Waals surface area contributed by atoms with Crippen molar-refractivity contribution in [2.24, 2.45) is 0 Å². The van der Waals surface area contributed by atoms with Crippen molar-refractivity contribution >= 4 is 38.9 Å². The third kappa shape index (κ3) is 3.76. The van der Waals surface area contributed by atoms with Crippen LogP contribution in [0.5, 0.6) is 0 Å². The normalized spacial score (nSPS) is 10.2. The van der Waals surface area contributed by atoms with E-state index in [-0.39, 0.29) is 5.91 Å². The molecule has 0 spiro atoms. The molecule has 0 aliphatic heterocycles. The fraction of sp³-hybridized carbons (Fsp3) is 0.188. The number of rotatable bonds is 4. The van der Waals surface area contributed by atoms with Gasteiger partial charge in [-0.1, -0.05) is 15.9 Å². The van der Waals surface area contributed by atoms with Crippen LogP contribution < -0.4 is 16.4 Å². The Morgan fingerprint density at radius 3 is 2.67 bits per heavy atom. The maximum absolute atomic E-state index is 11.9. The summed E-state index contributed by atoms with van der Waals surface area (Å²) in [6.45, 7) is 4.50. The molecule has 0 bridgehead atoms. The molecule has 2 aromatic carbocycles. The number of nitrogens with two attached hydrogens (primary N) is 1. The van der Waals surface area contributed by atoms with E-state index < -0.39 is 0 Å². The van der Waals surface area contributed by atoms with Gasteiger partial charge in [0.05, 0.1) is 11.4 Å². The first-order valence-electron chi connectivity index (χ1n) is 6.72. The van der Waals surface area contributed by atoms with Crippen molar-refractivity contribution in [1.82, 2.24) is 5.32 Å². The lowest BCUT2D eigenvalue weighted by molar-refractivity contribution is 0.0956. The van der Waals surface area contributed by atoms with Crippen LogP contribution in [0.3, 0.4) is 0 Å². The van der Waals surface area contributed by atoms with E-state index in [2.05, 4.69) is 26.6 Å². The third-order valence-corrected chi connectivity index (χ3v) is 3.98. The van der Waals surface area contributed by atoms with Gasteiger partial charge in [0.1, 0.15) is 0 Å². The summed E-state index contributed by atoms with van der Waals surface area (Å²) in [6, 6.07) is 11.2. The Hall–Kier alpha value is -2.01. The number of carbonyl (C=O) groups excluding carboxylic acids is 1. The van der Waals surface area contributed by atoms with Crippen LogP contribution in [-0.2, 0) is 0 Å². The quantitative estimate of drug-likeness (QED) is 0.736. The number of hydrogen-bond donors (Lipinski definition) is 3. The van der Waals surface area contributed by atoms with Crippen LogP contribution in [0.4, 0.5) is 17.1 Å². The summed E-state index contributed by atoms with van der Waals surface area (Å²) >= 11 is 3.47. The average Bonchev–Trinajstić information content (AvgIpc) is 2.45. The molecule has 0 atom stereocenters. The molecule has 0 aromatic heterocycles. The Balaban J connectivity index is 2.28. The second kappa shape index (κ2) is 6.63. The van der Waals surface area contributed by atoms with Crippen LogP contribution in [0, 0.1) is 6.92 Å². The van der Waals surface area contributed by atoms with Crippen LogP contribution >= 0.6 is 15.9 Å². The summed E-state index contributed by atoms with van der Waals surface area (Å²) in [5, 5.41) is 6.03. The number of aryl methyl sites for hydroxylation is 1. The number of benzene rings is 2. The first-order chi connectivity index (χ1) is 10.0. The molecule has 2 aromatic rings. The first-order valence-corrected chi connectivity index (χ1v) is 7.51. The van der Waals surface area contributed by atoms with Gasteiger partial charge in [-0.3, -0.25) is 4.79 Å². The smallest absolute Gasteiger partial charge is 0.251 e. The Morgan fingerprint density at radius 1 is 1.24 bits per heavy atom. The molecule has 0 fully saturated rings. The molecule has 4 nitrogen and oxygen atoms in total. The molecular formula is C16H18BrN3O. The lowest BCUT2D eigenvalue weighted by Crippen LogP contribution is -2.22. The molecule has 0 saturated carbocycles. The summed E-state index contributed by atoms with van der Waals surface area (Å²) in [6.07, 6.45) is 0. The van der Waals surface area contributed by atoms with E-state index in [1.807, 2.05) is 32.0 Å². The number of hydrogen-bond acceptors (Lipinski definition) is 3. The summed E-state index contributed by atoms with van der Waals surface area (Å²) in [4.78, 5) is 11.9. The molecule has 5 heteroatoms. The van der Waals surface area contributed by atoms with E-state index in [0.717, 1.165) is 21.4 Å². The molecular weight excluding hydrogens is 330 g/mol. The molecule has 4 N–H and O–H groups in total. The molecule has 0 aliphatic carbocycles. The zero-order valence-corrected chi connectivity index (χ0v) is 13.6. The van der Waals surface area contributed by atoms with Crippen molar-refractivity contribution in [3.8, 4) is 0 Å². The van der Waals surface area contributed by atoms with E-state index in [9.17, 15) is 4.79 Å². The van der Waals surface area contributed by atoms with Gasteiger partial charge in [0.2, 0.25) is 0 Å². The monoisotopic (exact) mass is 347 g/mol. The Bertz CT molecular complexity index is 671. The predicted octanol–water partition coefficient (Wildman–Crippen LogP) is 3.83. The van der Waals surface area contributed by atoms with Crippen LogP contribution in [0.2, 0.25) is 0 Å². The highest BCUT2D eigenvalue weighted by Crippen LogP contribution is 2.27. The minimum Gasteiger partial charge on any atom is -0.397 e. The molecule has 0 heterocycles. The average molecular weight is 348 g/mol. The molecule has 0 unspecified atom stereocenters. The van der Waals surface area contributed by atoms with Crippen molar-refractivity contribution in [2.45, 2.75) is 13.8 Å². The molecule has 1 amide bonds. The molecule has 0 radical (unpaired) electrons. The lowest BCUT2D eigenvalue weighted by atomic mass is 10.1. The Labute approximate surface area is 132 Å². The fourth-order valence-corrected chi connectivity index (χ4v) is 2.19. The van der Waals surface area contributed by atoms with Gasteiger partial charge >= 0.3 is 0 Å². The van der Waals surface area contributed by atoms with Gasteiger partial charge in [-0.15, -0.1) is 0 Å². The van der Waals surface area contributed by atoms with Crippen molar-refractivity contribution < 1.29 is 4.79 Å². The Morgan fingerprint density at radius 2 is 2.00 bits per heavy atom. The van der Waals surface area contributed by atoms with Gasteiger partial charge in [-0.2, -0.15) is 0 Å². The van der Waals surface area contributed by atoms with Gasteiger partial charge in [-0.05, 0) is 55.8 Å². The minimum absolute atomic E-state index is 0.104. The van der Waals surface area contributed by atoms with E-state index in [1.165, 1.54) is 0 Å². The molecule has 2 rings (SSSR count). The van der Waals surface area contributed by atoms with E-state index in [4.69, 9.17) is 5.73 Å². The van der Waals surface area contributed by atoms with Crippen molar-refractivity contribution in [3.63, 3.8) is 0 Å². The number of amides is 1. The van der Waals surface area contributed by atoms with Gasteiger partial charge in [-0.25, -0.2) is 0 Å². The van der Waals surface area contributed by atoms with Gasteiger partial charge in [0.25, 0.3) is 5.91 Å². The zero-order chi connectivity index (χ0) is 15.4. The number of halogens is 1. The third-order valence-electron chi connectivity index (χ3n) is 3.09. The van der Waals surface area contributed by atoms with E-state index in [0.29, 0.717) is 17.8 Å². The Kier molecular flexibility index (Phi) is 4.85. The van der Waals surface area contributed by atoms with Gasteiger partial charge in [0, 0.05) is 22.3 Å². The van der Waals surface area contributed by atoms with Crippen LogP contribution in [0.15, 0.2) is 40.9 Å². The van der Waals surface area contributed by atoms with Gasteiger partial charge < -0.3 is 16.4 Å². The SMILES string of the molecule is CCNC(=O)c1ccc(N)c(Nc2ccc(Br)c(C)c2)c1. The summed E-state index contributed by atoms with van der Waals surface area (Å²) in [5.74, 6) is -0.104. The van der Waals surface area contributed by atoms with Crippen LogP contribution in [0.25, 0.3) is 0 Å². The molecule has 0 saturated heterocycles. The largest absolute Gasteiger partial charge is 0.397 e.